The zero-order valence-electron chi connectivity index (χ0n) is 18.9. The molecule has 1 aromatic heterocycles. The van der Waals surface area contributed by atoms with E-state index in [2.05, 4.69) is 37.7 Å². The Balaban J connectivity index is 1.15. The van der Waals surface area contributed by atoms with Gasteiger partial charge in [-0.2, -0.15) is 0 Å². The molecular weight excluding hydrogens is 472 g/mol. The largest absolute Gasteiger partial charge is 0.494 e. The number of hydrogen-bond acceptors (Lipinski definition) is 6. The molecule has 3 aromatic rings. The minimum atomic E-state index is -3.57. The third-order valence-electron chi connectivity index (χ3n) is 5.66. The Morgan fingerprint density at radius 3 is 2.47 bits per heavy atom. The maximum Gasteiger partial charge on any atom is 0.240 e. The quantitative estimate of drug-likeness (QED) is 0.427. The highest BCUT2D eigenvalue weighted by Gasteiger charge is 2.18. The van der Waals surface area contributed by atoms with Crippen LogP contribution in [-0.4, -0.2) is 57.6 Å². The lowest BCUT2D eigenvalue weighted by molar-refractivity contribution is 0.249. The van der Waals surface area contributed by atoms with Crippen molar-refractivity contribution in [1.82, 2.24) is 14.6 Å². The molecule has 0 spiro atoms. The van der Waals surface area contributed by atoms with Gasteiger partial charge in [-0.1, -0.05) is 35.9 Å². The van der Waals surface area contributed by atoms with Crippen LogP contribution in [-0.2, 0) is 16.6 Å². The first-order chi connectivity index (χ1) is 16.5. The number of anilines is 1. The van der Waals surface area contributed by atoms with Crippen LogP contribution in [0.2, 0.25) is 5.02 Å². The summed E-state index contributed by atoms with van der Waals surface area (Å²) in [7, 11) is -3.57. The van der Waals surface area contributed by atoms with Crippen LogP contribution in [0.5, 0.6) is 5.75 Å². The van der Waals surface area contributed by atoms with Crippen molar-refractivity contribution in [3.63, 3.8) is 0 Å². The zero-order chi connectivity index (χ0) is 23.8. The number of hydrogen-bond donors (Lipinski definition) is 1. The van der Waals surface area contributed by atoms with Crippen molar-refractivity contribution in [3.05, 3.63) is 83.5 Å². The van der Waals surface area contributed by atoms with E-state index in [0.29, 0.717) is 18.1 Å². The molecule has 1 fully saturated rings. The Morgan fingerprint density at radius 1 is 0.971 bits per heavy atom. The van der Waals surface area contributed by atoms with Gasteiger partial charge in [-0.3, -0.25) is 4.90 Å². The fourth-order valence-electron chi connectivity index (χ4n) is 3.81. The molecular formula is C25H29ClN4O3S. The van der Waals surface area contributed by atoms with Crippen molar-refractivity contribution in [2.45, 2.75) is 17.9 Å². The molecule has 7 nitrogen and oxygen atoms in total. The average Bonchev–Trinajstić information content (AvgIpc) is 2.86. The van der Waals surface area contributed by atoms with Crippen molar-refractivity contribution >= 4 is 27.4 Å². The summed E-state index contributed by atoms with van der Waals surface area (Å²) in [6, 6.07) is 20.3. The van der Waals surface area contributed by atoms with Crippen LogP contribution in [0.15, 0.2) is 77.8 Å². The number of nitrogens with zero attached hydrogens (tertiary/aromatic N) is 3. The van der Waals surface area contributed by atoms with E-state index in [1.54, 1.807) is 12.1 Å². The molecule has 0 saturated carbocycles. The van der Waals surface area contributed by atoms with Crippen molar-refractivity contribution in [2.75, 3.05) is 44.2 Å². The molecule has 1 aliphatic rings. The lowest BCUT2D eigenvalue weighted by atomic mass is 10.2. The van der Waals surface area contributed by atoms with Crippen molar-refractivity contribution in [3.8, 4) is 5.75 Å². The standard InChI is InChI=1S/C25H29ClN4O3S/c26-22-5-3-6-24(19-22)34(31,32)28-13-4-18-33-23-10-8-21(9-11-23)20-29-14-16-30(17-15-29)25-7-1-2-12-27-25/h1-3,5-12,19,28H,4,13-18,20H2. The minimum absolute atomic E-state index is 0.162. The Kier molecular flexibility index (Phi) is 8.39. The number of halogens is 1. The topological polar surface area (TPSA) is 74.8 Å². The van der Waals surface area contributed by atoms with Gasteiger partial charge in [0.05, 0.1) is 11.5 Å². The van der Waals surface area contributed by atoms with Crippen LogP contribution in [0, 0.1) is 0 Å². The van der Waals surface area contributed by atoms with Crippen LogP contribution < -0.4 is 14.4 Å². The van der Waals surface area contributed by atoms with Crippen LogP contribution >= 0.6 is 11.6 Å². The van der Waals surface area contributed by atoms with E-state index < -0.39 is 10.0 Å². The summed E-state index contributed by atoms with van der Waals surface area (Å²) in [5, 5.41) is 0.390. The third-order valence-corrected chi connectivity index (χ3v) is 7.36. The van der Waals surface area contributed by atoms with Crippen LogP contribution in [0.3, 0.4) is 0 Å². The first-order valence-electron chi connectivity index (χ1n) is 11.3. The number of pyridine rings is 1. The van der Waals surface area contributed by atoms with Crippen molar-refractivity contribution in [2.24, 2.45) is 0 Å². The predicted molar refractivity (Wildman–Crippen MR) is 135 cm³/mol. The maximum atomic E-state index is 12.3. The number of piperazine rings is 1. The van der Waals surface area contributed by atoms with Gasteiger partial charge in [0.15, 0.2) is 0 Å². The Morgan fingerprint density at radius 2 is 1.76 bits per heavy atom. The lowest BCUT2D eigenvalue weighted by Crippen LogP contribution is -2.46. The second kappa shape index (κ2) is 11.7. The second-order valence-electron chi connectivity index (χ2n) is 8.15. The molecule has 0 unspecified atom stereocenters. The SMILES string of the molecule is O=S(=O)(NCCCOc1ccc(CN2CCN(c3ccccn3)CC2)cc1)c1cccc(Cl)c1. The molecule has 1 N–H and O–H groups in total. The molecule has 9 heteroatoms. The van der Waals surface area contributed by atoms with Gasteiger partial charge in [0.25, 0.3) is 0 Å². The molecule has 34 heavy (non-hydrogen) atoms. The third kappa shape index (κ3) is 6.93. The average molecular weight is 501 g/mol. The monoisotopic (exact) mass is 500 g/mol. The Bertz CT molecular complexity index is 1150. The molecule has 1 aliphatic heterocycles. The first-order valence-corrected chi connectivity index (χ1v) is 13.2. The fourth-order valence-corrected chi connectivity index (χ4v) is 5.19. The highest BCUT2D eigenvalue weighted by Crippen LogP contribution is 2.18. The van der Waals surface area contributed by atoms with Crippen molar-refractivity contribution < 1.29 is 13.2 Å². The van der Waals surface area contributed by atoms with E-state index in [1.165, 1.54) is 17.7 Å². The van der Waals surface area contributed by atoms with E-state index in [4.69, 9.17) is 16.3 Å². The van der Waals surface area contributed by atoms with E-state index >= 15 is 0 Å². The molecule has 2 heterocycles. The molecule has 0 amide bonds. The number of ether oxygens (including phenoxy) is 1. The van der Waals surface area contributed by atoms with Gasteiger partial charge in [-0.25, -0.2) is 18.1 Å². The second-order valence-corrected chi connectivity index (χ2v) is 10.4. The number of rotatable bonds is 10. The van der Waals surface area contributed by atoms with Gasteiger partial charge >= 0.3 is 0 Å². The summed E-state index contributed by atoms with van der Waals surface area (Å²) >= 11 is 5.88. The van der Waals surface area contributed by atoms with E-state index in [-0.39, 0.29) is 11.4 Å². The van der Waals surface area contributed by atoms with Crippen LogP contribution in [0.4, 0.5) is 5.82 Å². The molecule has 0 aliphatic carbocycles. The molecule has 2 aromatic carbocycles. The van der Waals surface area contributed by atoms with Crippen LogP contribution in [0.25, 0.3) is 0 Å². The lowest BCUT2D eigenvalue weighted by Gasteiger charge is -2.35. The molecule has 0 atom stereocenters. The number of benzene rings is 2. The zero-order valence-corrected chi connectivity index (χ0v) is 20.5. The van der Waals surface area contributed by atoms with Gasteiger partial charge in [0.1, 0.15) is 11.6 Å². The van der Waals surface area contributed by atoms with E-state index in [9.17, 15) is 8.42 Å². The summed E-state index contributed by atoms with van der Waals surface area (Å²) in [5.74, 6) is 1.82. The van der Waals surface area contributed by atoms with Crippen molar-refractivity contribution in [1.29, 1.82) is 0 Å². The fraction of sp³-hybridized carbons (Fsp3) is 0.320. The first kappa shape index (κ1) is 24.5. The molecule has 180 valence electrons. The van der Waals surface area contributed by atoms with Gasteiger partial charge in [0.2, 0.25) is 10.0 Å². The van der Waals surface area contributed by atoms with E-state index in [0.717, 1.165) is 44.3 Å². The Hall–Kier alpha value is -2.65. The molecule has 1 saturated heterocycles. The van der Waals surface area contributed by atoms with Gasteiger partial charge in [0, 0.05) is 50.5 Å². The number of aromatic nitrogens is 1. The van der Waals surface area contributed by atoms with Crippen LogP contribution in [0.1, 0.15) is 12.0 Å². The number of nitrogens with one attached hydrogen (secondary N) is 1. The smallest absolute Gasteiger partial charge is 0.240 e. The summed E-state index contributed by atoms with van der Waals surface area (Å²) in [6.45, 7) is 5.56. The maximum absolute atomic E-state index is 12.3. The summed E-state index contributed by atoms with van der Waals surface area (Å²) < 4.78 is 32.9. The molecule has 0 bridgehead atoms. The van der Waals surface area contributed by atoms with Gasteiger partial charge in [-0.05, 0) is 54.4 Å². The predicted octanol–water partition coefficient (Wildman–Crippen LogP) is 3.80. The van der Waals surface area contributed by atoms with E-state index in [1.807, 2.05) is 30.5 Å². The summed E-state index contributed by atoms with van der Waals surface area (Å²) in [6.07, 6.45) is 2.40. The highest BCUT2D eigenvalue weighted by molar-refractivity contribution is 7.89. The summed E-state index contributed by atoms with van der Waals surface area (Å²) in [4.78, 5) is 9.37. The molecule has 4 rings (SSSR count). The summed E-state index contributed by atoms with van der Waals surface area (Å²) in [5.41, 5.74) is 1.24. The normalized spacial score (nSPS) is 14.8. The minimum Gasteiger partial charge on any atom is -0.494 e. The van der Waals surface area contributed by atoms with Gasteiger partial charge < -0.3 is 9.64 Å². The Labute approximate surface area is 206 Å². The number of sulfonamides is 1. The molecule has 0 radical (unpaired) electrons. The highest BCUT2D eigenvalue weighted by atomic mass is 35.5. The van der Waals surface area contributed by atoms with Gasteiger partial charge in [-0.15, -0.1) is 0 Å².